The molecule has 0 radical (unpaired) electrons. The van der Waals surface area contributed by atoms with E-state index in [1.807, 2.05) is 7.05 Å². The van der Waals surface area contributed by atoms with E-state index in [1.165, 1.54) is 6.42 Å². The Balaban J connectivity index is 2.41. The molecule has 0 aromatic rings. The van der Waals surface area contributed by atoms with Gasteiger partial charge in [-0.1, -0.05) is 13.8 Å². The molecule has 0 bridgehead atoms. The van der Waals surface area contributed by atoms with Crippen LogP contribution in [0.4, 0.5) is 0 Å². The second-order valence-corrected chi connectivity index (χ2v) is 4.08. The van der Waals surface area contributed by atoms with E-state index in [-0.39, 0.29) is 0 Å². The molecule has 1 rings (SSSR count). The molecule has 1 N–H and O–H groups in total. The first-order valence-electron chi connectivity index (χ1n) is 4.39. The Morgan fingerprint density at radius 3 is 2.73 bits per heavy atom. The normalized spacial score (nSPS) is 25.9. The fourth-order valence-electron chi connectivity index (χ4n) is 1.75. The standard InChI is InChI=1S/C9H19NO/c1-9(2,7-10-3)8-4-5-11-6-8/h8,10H,4-7H2,1-3H3/t8-/m0/s1. The van der Waals surface area contributed by atoms with Crippen molar-refractivity contribution in [3.63, 3.8) is 0 Å². The van der Waals surface area contributed by atoms with Gasteiger partial charge in [0.15, 0.2) is 0 Å². The highest BCUT2D eigenvalue weighted by atomic mass is 16.5. The summed E-state index contributed by atoms with van der Waals surface area (Å²) in [7, 11) is 2.01. The summed E-state index contributed by atoms with van der Waals surface area (Å²) in [6.45, 7) is 7.61. The maximum Gasteiger partial charge on any atom is 0.0500 e. The molecule has 0 aromatic carbocycles. The quantitative estimate of drug-likeness (QED) is 0.666. The van der Waals surface area contributed by atoms with Crippen LogP contribution < -0.4 is 5.32 Å². The largest absolute Gasteiger partial charge is 0.381 e. The van der Waals surface area contributed by atoms with Crippen LogP contribution in [0.15, 0.2) is 0 Å². The van der Waals surface area contributed by atoms with Crippen molar-refractivity contribution in [3.05, 3.63) is 0 Å². The summed E-state index contributed by atoms with van der Waals surface area (Å²) >= 11 is 0. The van der Waals surface area contributed by atoms with Crippen LogP contribution in [0.5, 0.6) is 0 Å². The summed E-state index contributed by atoms with van der Waals surface area (Å²) in [5, 5.41) is 3.23. The summed E-state index contributed by atoms with van der Waals surface area (Å²) in [4.78, 5) is 0. The smallest absolute Gasteiger partial charge is 0.0500 e. The number of hydrogen-bond acceptors (Lipinski definition) is 2. The van der Waals surface area contributed by atoms with Crippen molar-refractivity contribution in [2.24, 2.45) is 11.3 Å². The highest BCUT2D eigenvalue weighted by Crippen LogP contribution is 2.32. The van der Waals surface area contributed by atoms with Gasteiger partial charge in [0.2, 0.25) is 0 Å². The lowest BCUT2D eigenvalue weighted by molar-refractivity contribution is 0.142. The predicted molar refractivity (Wildman–Crippen MR) is 46.6 cm³/mol. The molecule has 1 saturated heterocycles. The van der Waals surface area contributed by atoms with Crippen molar-refractivity contribution in [2.75, 3.05) is 26.8 Å². The van der Waals surface area contributed by atoms with Gasteiger partial charge in [0.1, 0.15) is 0 Å². The Morgan fingerprint density at radius 1 is 1.55 bits per heavy atom. The van der Waals surface area contributed by atoms with E-state index in [1.54, 1.807) is 0 Å². The SMILES string of the molecule is CNCC(C)(C)[C@H]1CCOC1. The maximum absolute atomic E-state index is 5.36. The minimum Gasteiger partial charge on any atom is -0.381 e. The maximum atomic E-state index is 5.36. The third-order valence-electron chi connectivity index (χ3n) is 2.67. The molecule has 1 heterocycles. The number of ether oxygens (including phenoxy) is 1. The zero-order chi connectivity index (χ0) is 8.32. The molecule has 0 unspecified atom stereocenters. The first-order valence-corrected chi connectivity index (χ1v) is 4.39. The van der Waals surface area contributed by atoms with Crippen LogP contribution in [-0.4, -0.2) is 26.8 Å². The third kappa shape index (κ3) is 2.17. The van der Waals surface area contributed by atoms with E-state index in [0.29, 0.717) is 5.41 Å². The zero-order valence-corrected chi connectivity index (χ0v) is 7.81. The van der Waals surface area contributed by atoms with E-state index >= 15 is 0 Å². The van der Waals surface area contributed by atoms with Gasteiger partial charge in [-0.3, -0.25) is 0 Å². The molecule has 0 aliphatic carbocycles. The van der Waals surface area contributed by atoms with Gasteiger partial charge in [0, 0.05) is 13.2 Å². The molecule has 2 nitrogen and oxygen atoms in total. The molecule has 0 aromatic heterocycles. The monoisotopic (exact) mass is 157 g/mol. The van der Waals surface area contributed by atoms with Crippen LogP contribution in [0.25, 0.3) is 0 Å². The number of rotatable bonds is 3. The Bertz CT molecular complexity index is 117. The molecule has 0 saturated carbocycles. The molecule has 11 heavy (non-hydrogen) atoms. The van der Waals surface area contributed by atoms with E-state index in [2.05, 4.69) is 19.2 Å². The molecular weight excluding hydrogens is 138 g/mol. The van der Waals surface area contributed by atoms with Crippen LogP contribution in [-0.2, 0) is 4.74 Å². The highest BCUT2D eigenvalue weighted by Gasteiger charge is 2.31. The van der Waals surface area contributed by atoms with Crippen molar-refractivity contribution in [2.45, 2.75) is 20.3 Å². The Labute approximate surface area is 69.3 Å². The fraction of sp³-hybridized carbons (Fsp3) is 1.00. The first kappa shape index (κ1) is 9.01. The topological polar surface area (TPSA) is 21.3 Å². The van der Waals surface area contributed by atoms with Gasteiger partial charge in [-0.2, -0.15) is 0 Å². The molecule has 1 fully saturated rings. The Hall–Kier alpha value is -0.0800. The Kier molecular flexibility index (Phi) is 2.90. The van der Waals surface area contributed by atoms with Crippen LogP contribution in [0, 0.1) is 11.3 Å². The van der Waals surface area contributed by atoms with Crippen molar-refractivity contribution in [1.82, 2.24) is 5.32 Å². The summed E-state index contributed by atoms with van der Waals surface area (Å²) in [6.07, 6.45) is 1.23. The van der Waals surface area contributed by atoms with Gasteiger partial charge in [0.25, 0.3) is 0 Å². The van der Waals surface area contributed by atoms with E-state index in [4.69, 9.17) is 4.74 Å². The average molecular weight is 157 g/mol. The summed E-state index contributed by atoms with van der Waals surface area (Å²) in [5.74, 6) is 0.745. The van der Waals surface area contributed by atoms with Gasteiger partial charge >= 0.3 is 0 Å². The van der Waals surface area contributed by atoms with E-state index < -0.39 is 0 Å². The predicted octanol–water partition coefficient (Wildman–Crippen LogP) is 1.27. The minimum absolute atomic E-state index is 0.394. The molecule has 2 heteroatoms. The fourth-order valence-corrected chi connectivity index (χ4v) is 1.75. The summed E-state index contributed by atoms with van der Waals surface area (Å²) in [6, 6.07) is 0. The van der Waals surface area contributed by atoms with Gasteiger partial charge in [0.05, 0.1) is 6.61 Å². The second kappa shape index (κ2) is 3.55. The Morgan fingerprint density at radius 2 is 2.27 bits per heavy atom. The van der Waals surface area contributed by atoms with Crippen molar-refractivity contribution in [3.8, 4) is 0 Å². The lowest BCUT2D eigenvalue weighted by atomic mass is 9.78. The van der Waals surface area contributed by atoms with Crippen molar-refractivity contribution < 1.29 is 4.74 Å². The lowest BCUT2D eigenvalue weighted by Gasteiger charge is -2.30. The highest BCUT2D eigenvalue weighted by molar-refractivity contribution is 4.82. The van der Waals surface area contributed by atoms with Crippen LogP contribution in [0.1, 0.15) is 20.3 Å². The van der Waals surface area contributed by atoms with Crippen molar-refractivity contribution in [1.29, 1.82) is 0 Å². The molecule has 0 spiro atoms. The third-order valence-corrected chi connectivity index (χ3v) is 2.67. The first-order chi connectivity index (χ1) is 5.17. The molecule has 1 aliphatic rings. The molecule has 1 atom stereocenters. The second-order valence-electron chi connectivity index (χ2n) is 4.08. The number of hydrogen-bond donors (Lipinski definition) is 1. The summed E-state index contributed by atoms with van der Waals surface area (Å²) < 4.78 is 5.36. The zero-order valence-electron chi connectivity index (χ0n) is 7.81. The van der Waals surface area contributed by atoms with Crippen LogP contribution >= 0.6 is 0 Å². The van der Waals surface area contributed by atoms with Crippen LogP contribution in [0.3, 0.4) is 0 Å². The molecular formula is C9H19NO. The van der Waals surface area contributed by atoms with E-state index in [9.17, 15) is 0 Å². The summed E-state index contributed by atoms with van der Waals surface area (Å²) in [5.41, 5.74) is 0.394. The van der Waals surface area contributed by atoms with Gasteiger partial charge in [-0.25, -0.2) is 0 Å². The number of nitrogens with one attached hydrogen (secondary N) is 1. The van der Waals surface area contributed by atoms with Crippen molar-refractivity contribution >= 4 is 0 Å². The average Bonchev–Trinajstić information content (AvgIpc) is 2.37. The van der Waals surface area contributed by atoms with E-state index in [0.717, 1.165) is 25.7 Å². The molecule has 66 valence electrons. The molecule has 1 aliphatic heterocycles. The lowest BCUT2D eigenvalue weighted by Crippen LogP contribution is -2.34. The van der Waals surface area contributed by atoms with Gasteiger partial charge < -0.3 is 10.1 Å². The van der Waals surface area contributed by atoms with Gasteiger partial charge in [-0.05, 0) is 24.8 Å². The minimum atomic E-state index is 0.394. The van der Waals surface area contributed by atoms with Crippen LogP contribution in [0.2, 0.25) is 0 Å². The molecule has 0 amide bonds. The van der Waals surface area contributed by atoms with Gasteiger partial charge in [-0.15, -0.1) is 0 Å².